The number of amides is 1. The summed E-state index contributed by atoms with van der Waals surface area (Å²) in [7, 11) is 1.53. The summed E-state index contributed by atoms with van der Waals surface area (Å²) in [6, 6.07) is 20.8. The molecule has 1 amide bonds. The number of aliphatic hydroxyl groups is 1. The van der Waals surface area contributed by atoms with Gasteiger partial charge in [-0.15, -0.1) is 0 Å². The van der Waals surface area contributed by atoms with Crippen LogP contribution in [-0.2, 0) is 16.1 Å². The first-order valence-corrected chi connectivity index (χ1v) is 12.3. The van der Waals surface area contributed by atoms with E-state index in [2.05, 4.69) is 0 Å². The molecule has 0 saturated carbocycles. The molecule has 3 aromatic carbocycles. The highest BCUT2D eigenvalue weighted by Gasteiger charge is 2.46. The van der Waals surface area contributed by atoms with Gasteiger partial charge in [0.15, 0.2) is 11.5 Å². The molecule has 1 unspecified atom stereocenters. The summed E-state index contributed by atoms with van der Waals surface area (Å²) in [6.07, 6.45) is 0.834. The summed E-state index contributed by atoms with van der Waals surface area (Å²) in [6.45, 7) is 5.06. The Morgan fingerprint density at radius 1 is 0.919 bits per heavy atom. The van der Waals surface area contributed by atoms with Crippen molar-refractivity contribution in [2.75, 3.05) is 20.3 Å². The number of nitrogens with zero attached hydrogens (tertiary/aromatic N) is 1. The Labute approximate surface area is 216 Å². The number of benzene rings is 3. The SMILES string of the molecule is CCCOc1cccc(C(O)=C2C(=O)C(=O)N(Cc3ccccc3)C2c2ccc(OCC)c(OC)c2)c1. The largest absolute Gasteiger partial charge is 0.507 e. The zero-order valence-corrected chi connectivity index (χ0v) is 21.3. The fraction of sp³-hybridized carbons (Fsp3) is 0.267. The van der Waals surface area contributed by atoms with E-state index in [0.29, 0.717) is 41.6 Å². The van der Waals surface area contributed by atoms with Gasteiger partial charge in [-0.3, -0.25) is 9.59 Å². The highest BCUT2D eigenvalue weighted by Crippen LogP contribution is 2.43. The van der Waals surface area contributed by atoms with Gasteiger partial charge in [-0.1, -0.05) is 55.5 Å². The van der Waals surface area contributed by atoms with Crippen LogP contribution in [0.1, 0.15) is 43.0 Å². The van der Waals surface area contributed by atoms with Gasteiger partial charge < -0.3 is 24.2 Å². The molecule has 37 heavy (non-hydrogen) atoms. The normalized spacial score (nSPS) is 16.6. The summed E-state index contributed by atoms with van der Waals surface area (Å²) in [5.41, 5.74) is 1.90. The van der Waals surface area contributed by atoms with E-state index in [1.54, 1.807) is 42.5 Å². The monoisotopic (exact) mass is 501 g/mol. The Kier molecular flexibility index (Phi) is 8.13. The smallest absolute Gasteiger partial charge is 0.295 e. The van der Waals surface area contributed by atoms with E-state index in [-0.39, 0.29) is 17.9 Å². The maximum atomic E-state index is 13.4. The summed E-state index contributed by atoms with van der Waals surface area (Å²) in [5.74, 6) is -0.0839. The molecule has 192 valence electrons. The summed E-state index contributed by atoms with van der Waals surface area (Å²) in [4.78, 5) is 28.2. The van der Waals surface area contributed by atoms with Gasteiger partial charge in [0.25, 0.3) is 11.7 Å². The van der Waals surface area contributed by atoms with Crippen molar-refractivity contribution in [1.82, 2.24) is 4.90 Å². The lowest BCUT2D eigenvalue weighted by molar-refractivity contribution is -0.140. The number of carbonyl (C=O) groups is 2. The molecule has 1 saturated heterocycles. The van der Waals surface area contributed by atoms with Gasteiger partial charge in [0.2, 0.25) is 0 Å². The number of hydrogen-bond acceptors (Lipinski definition) is 6. The van der Waals surface area contributed by atoms with Crippen LogP contribution in [0, 0.1) is 0 Å². The van der Waals surface area contributed by atoms with Crippen LogP contribution in [0.15, 0.2) is 78.4 Å². The second-order valence-corrected chi connectivity index (χ2v) is 8.63. The van der Waals surface area contributed by atoms with Crippen molar-refractivity contribution in [2.45, 2.75) is 32.9 Å². The van der Waals surface area contributed by atoms with Crippen molar-refractivity contribution in [2.24, 2.45) is 0 Å². The number of aliphatic hydroxyl groups excluding tert-OH is 1. The first-order chi connectivity index (χ1) is 18.0. The number of Topliss-reactive ketones (excluding diaryl/α,β-unsaturated/α-hetero) is 1. The van der Waals surface area contributed by atoms with E-state index in [4.69, 9.17) is 14.2 Å². The first kappa shape index (κ1) is 25.8. The van der Waals surface area contributed by atoms with Gasteiger partial charge in [-0.25, -0.2) is 0 Å². The van der Waals surface area contributed by atoms with Crippen LogP contribution in [0.3, 0.4) is 0 Å². The van der Waals surface area contributed by atoms with Gasteiger partial charge in [0.1, 0.15) is 11.5 Å². The Hall–Kier alpha value is -4.26. The van der Waals surface area contributed by atoms with Crippen molar-refractivity contribution in [3.8, 4) is 17.2 Å². The molecule has 7 nitrogen and oxygen atoms in total. The second-order valence-electron chi connectivity index (χ2n) is 8.63. The average Bonchev–Trinajstić information content (AvgIpc) is 3.17. The fourth-order valence-electron chi connectivity index (χ4n) is 4.41. The Balaban J connectivity index is 1.85. The number of methoxy groups -OCH3 is 1. The Bertz CT molecular complexity index is 1300. The molecule has 0 aromatic heterocycles. The molecule has 4 rings (SSSR count). The van der Waals surface area contributed by atoms with Crippen molar-refractivity contribution >= 4 is 17.4 Å². The van der Waals surface area contributed by atoms with Crippen LogP contribution >= 0.6 is 0 Å². The summed E-state index contributed by atoms with van der Waals surface area (Å²) in [5, 5.41) is 11.4. The highest BCUT2D eigenvalue weighted by atomic mass is 16.5. The summed E-state index contributed by atoms with van der Waals surface area (Å²) >= 11 is 0. The topological polar surface area (TPSA) is 85.3 Å². The zero-order valence-electron chi connectivity index (χ0n) is 21.3. The lowest BCUT2D eigenvalue weighted by atomic mass is 9.94. The molecule has 1 heterocycles. The molecule has 7 heteroatoms. The van der Waals surface area contributed by atoms with Gasteiger partial charge >= 0.3 is 0 Å². The quantitative estimate of drug-likeness (QED) is 0.224. The minimum Gasteiger partial charge on any atom is -0.507 e. The number of rotatable bonds is 10. The van der Waals surface area contributed by atoms with E-state index in [1.165, 1.54) is 12.0 Å². The molecule has 0 bridgehead atoms. The van der Waals surface area contributed by atoms with E-state index in [1.807, 2.05) is 44.2 Å². The van der Waals surface area contributed by atoms with E-state index in [9.17, 15) is 14.7 Å². The average molecular weight is 502 g/mol. The highest BCUT2D eigenvalue weighted by molar-refractivity contribution is 6.46. The zero-order chi connectivity index (χ0) is 26.4. The van der Waals surface area contributed by atoms with E-state index >= 15 is 0 Å². The molecule has 0 aliphatic carbocycles. The van der Waals surface area contributed by atoms with Gasteiger partial charge in [0.05, 0.1) is 31.9 Å². The number of carbonyl (C=O) groups excluding carboxylic acids is 2. The molecule has 3 aromatic rings. The second kappa shape index (κ2) is 11.6. The van der Waals surface area contributed by atoms with Crippen LogP contribution in [0.2, 0.25) is 0 Å². The van der Waals surface area contributed by atoms with Gasteiger partial charge in [-0.05, 0) is 48.7 Å². The van der Waals surface area contributed by atoms with Crippen molar-refractivity contribution in [3.63, 3.8) is 0 Å². The third-order valence-corrected chi connectivity index (χ3v) is 6.12. The summed E-state index contributed by atoms with van der Waals surface area (Å²) < 4.78 is 16.9. The van der Waals surface area contributed by atoms with Crippen molar-refractivity contribution in [1.29, 1.82) is 0 Å². The number of hydrogen-bond donors (Lipinski definition) is 1. The van der Waals surface area contributed by atoms with Crippen LogP contribution in [0.25, 0.3) is 5.76 Å². The number of likely N-dealkylation sites (tertiary alicyclic amines) is 1. The lowest BCUT2D eigenvalue weighted by Gasteiger charge is -2.26. The molecular formula is C30H31NO6. The van der Waals surface area contributed by atoms with Crippen LogP contribution in [-0.4, -0.2) is 42.0 Å². The Morgan fingerprint density at radius 2 is 1.70 bits per heavy atom. The number of ketones is 1. The van der Waals surface area contributed by atoms with Crippen LogP contribution < -0.4 is 14.2 Å². The molecule has 1 fully saturated rings. The minimum absolute atomic E-state index is 0.0137. The fourth-order valence-corrected chi connectivity index (χ4v) is 4.41. The van der Waals surface area contributed by atoms with Crippen LogP contribution in [0.5, 0.6) is 17.2 Å². The standard InChI is InChI=1S/C30H31NO6/c1-4-16-37-23-13-9-12-22(17-23)28(32)26-27(21-14-15-24(36-5-2)25(18-21)35-3)31(30(34)29(26)33)19-20-10-7-6-8-11-20/h6-15,17-18,27,32H,4-5,16,19H2,1-3H3. The molecule has 0 radical (unpaired) electrons. The van der Waals surface area contributed by atoms with Gasteiger partial charge in [-0.2, -0.15) is 0 Å². The maximum Gasteiger partial charge on any atom is 0.295 e. The molecule has 1 N–H and O–H groups in total. The van der Waals surface area contributed by atoms with E-state index < -0.39 is 17.7 Å². The Morgan fingerprint density at radius 3 is 2.41 bits per heavy atom. The maximum absolute atomic E-state index is 13.4. The molecule has 1 aliphatic heterocycles. The predicted octanol–water partition coefficient (Wildman–Crippen LogP) is 5.50. The third-order valence-electron chi connectivity index (χ3n) is 6.12. The van der Waals surface area contributed by atoms with Crippen LogP contribution in [0.4, 0.5) is 0 Å². The lowest BCUT2D eigenvalue weighted by Crippen LogP contribution is -2.29. The molecule has 1 atom stereocenters. The van der Waals surface area contributed by atoms with Crippen molar-refractivity contribution < 1.29 is 28.9 Å². The third kappa shape index (κ3) is 5.45. The molecular weight excluding hydrogens is 470 g/mol. The van der Waals surface area contributed by atoms with E-state index in [0.717, 1.165) is 12.0 Å². The predicted molar refractivity (Wildman–Crippen MR) is 141 cm³/mol. The number of ether oxygens (including phenoxy) is 3. The van der Waals surface area contributed by atoms with Gasteiger partial charge in [0, 0.05) is 12.1 Å². The molecule has 1 aliphatic rings. The first-order valence-electron chi connectivity index (χ1n) is 12.3. The van der Waals surface area contributed by atoms with Crippen molar-refractivity contribution in [3.05, 3.63) is 95.1 Å². The minimum atomic E-state index is -0.829. The molecule has 0 spiro atoms.